The molecule has 1 N–H and O–H groups in total. The van der Waals surface area contributed by atoms with Gasteiger partial charge in [-0.2, -0.15) is 5.10 Å². The summed E-state index contributed by atoms with van der Waals surface area (Å²) in [5, 5.41) is 4.01. The highest BCUT2D eigenvalue weighted by Gasteiger charge is 2.13. The second kappa shape index (κ2) is 9.74. The van der Waals surface area contributed by atoms with Gasteiger partial charge in [0.2, 0.25) is 6.79 Å². The Hall–Kier alpha value is -4.20. The van der Waals surface area contributed by atoms with E-state index < -0.39 is 0 Å². The third-order valence-corrected chi connectivity index (χ3v) is 4.72. The first-order valence-electron chi connectivity index (χ1n) is 9.82. The fourth-order valence-corrected chi connectivity index (χ4v) is 3.02. The summed E-state index contributed by atoms with van der Waals surface area (Å²) in [5.41, 5.74) is 4.67. The van der Waals surface area contributed by atoms with E-state index in [1.807, 2.05) is 42.5 Å². The molecule has 1 aliphatic rings. The molecule has 0 saturated heterocycles. The van der Waals surface area contributed by atoms with Crippen molar-refractivity contribution in [3.63, 3.8) is 0 Å². The van der Waals surface area contributed by atoms with E-state index in [0.717, 1.165) is 22.6 Å². The number of nitrogens with one attached hydrogen (secondary N) is 1. The molecule has 0 aliphatic carbocycles. The summed E-state index contributed by atoms with van der Waals surface area (Å²) >= 11 is 0. The van der Waals surface area contributed by atoms with Gasteiger partial charge < -0.3 is 23.7 Å². The highest BCUT2D eigenvalue weighted by Crippen LogP contribution is 2.32. The Kier molecular flexibility index (Phi) is 6.41. The molecule has 1 amide bonds. The minimum Gasteiger partial charge on any atom is -0.497 e. The lowest BCUT2D eigenvalue weighted by Gasteiger charge is -2.08. The molecule has 164 valence electrons. The van der Waals surface area contributed by atoms with E-state index in [-0.39, 0.29) is 12.7 Å². The molecule has 1 heterocycles. The maximum atomic E-state index is 12.3. The number of hydrazone groups is 1. The Morgan fingerprint density at radius 1 is 0.938 bits per heavy atom. The Morgan fingerprint density at radius 2 is 1.66 bits per heavy atom. The highest BCUT2D eigenvalue weighted by molar-refractivity contribution is 5.95. The number of carbonyl (C=O) groups is 1. The van der Waals surface area contributed by atoms with Crippen LogP contribution in [0.15, 0.2) is 65.8 Å². The Labute approximate surface area is 185 Å². The van der Waals surface area contributed by atoms with Crippen molar-refractivity contribution in [2.24, 2.45) is 5.10 Å². The zero-order chi connectivity index (χ0) is 22.3. The van der Waals surface area contributed by atoms with Gasteiger partial charge in [0, 0.05) is 11.6 Å². The Morgan fingerprint density at radius 3 is 2.38 bits per heavy atom. The minimum absolute atomic E-state index is 0.247. The van der Waals surface area contributed by atoms with E-state index in [2.05, 4.69) is 10.5 Å². The van der Waals surface area contributed by atoms with Crippen LogP contribution < -0.4 is 29.1 Å². The van der Waals surface area contributed by atoms with Crippen molar-refractivity contribution in [3.05, 3.63) is 77.4 Å². The van der Waals surface area contributed by atoms with E-state index in [4.69, 9.17) is 23.7 Å². The molecule has 0 aromatic heterocycles. The fourth-order valence-electron chi connectivity index (χ4n) is 3.02. The van der Waals surface area contributed by atoms with E-state index in [1.54, 1.807) is 24.4 Å². The van der Waals surface area contributed by atoms with Crippen molar-refractivity contribution < 1.29 is 28.5 Å². The van der Waals surface area contributed by atoms with E-state index in [9.17, 15) is 4.79 Å². The van der Waals surface area contributed by atoms with Gasteiger partial charge in [0.15, 0.2) is 11.5 Å². The van der Waals surface area contributed by atoms with E-state index in [1.165, 1.54) is 14.2 Å². The van der Waals surface area contributed by atoms with Crippen LogP contribution in [-0.2, 0) is 6.61 Å². The van der Waals surface area contributed by atoms with Gasteiger partial charge in [0.1, 0.15) is 23.9 Å². The van der Waals surface area contributed by atoms with Gasteiger partial charge in [-0.25, -0.2) is 5.43 Å². The highest BCUT2D eigenvalue weighted by atomic mass is 16.7. The van der Waals surface area contributed by atoms with Crippen LogP contribution in [0.3, 0.4) is 0 Å². The number of fused-ring (bicyclic) bond motifs is 1. The maximum Gasteiger partial charge on any atom is 0.271 e. The average Bonchev–Trinajstić information content (AvgIpc) is 3.31. The summed E-state index contributed by atoms with van der Waals surface area (Å²) in [6.07, 6.45) is 1.55. The van der Waals surface area contributed by atoms with Crippen LogP contribution in [0.5, 0.6) is 28.7 Å². The van der Waals surface area contributed by atoms with Crippen molar-refractivity contribution in [3.8, 4) is 28.7 Å². The molecule has 8 heteroatoms. The lowest BCUT2D eigenvalue weighted by Crippen LogP contribution is -2.17. The number of amides is 1. The van der Waals surface area contributed by atoms with Crippen molar-refractivity contribution >= 4 is 12.1 Å². The fraction of sp³-hybridized carbons (Fsp3) is 0.167. The van der Waals surface area contributed by atoms with Gasteiger partial charge in [0.25, 0.3) is 5.91 Å². The molecule has 0 bridgehead atoms. The SMILES string of the molecule is COc1cc(OC)cc(C(=O)NN=Cc2ccc(OCc3ccc4c(c3)OCO4)cc2)c1. The molecule has 3 aromatic rings. The van der Waals surface area contributed by atoms with Crippen LogP contribution in [0, 0.1) is 0 Å². The molecule has 8 nitrogen and oxygen atoms in total. The summed E-state index contributed by atoms with van der Waals surface area (Å²) < 4.78 is 26.9. The quantitative estimate of drug-likeness (QED) is 0.429. The van der Waals surface area contributed by atoms with Crippen molar-refractivity contribution in [2.75, 3.05) is 21.0 Å². The number of hydrogen-bond donors (Lipinski definition) is 1. The maximum absolute atomic E-state index is 12.3. The van der Waals surface area contributed by atoms with Crippen molar-refractivity contribution in [1.29, 1.82) is 0 Å². The van der Waals surface area contributed by atoms with E-state index in [0.29, 0.717) is 29.4 Å². The first kappa shape index (κ1) is 21.0. The van der Waals surface area contributed by atoms with Crippen LogP contribution in [0.4, 0.5) is 0 Å². The Balaban J connectivity index is 1.31. The number of hydrogen-bond acceptors (Lipinski definition) is 7. The number of carbonyl (C=O) groups excluding carboxylic acids is 1. The van der Waals surface area contributed by atoms with Gasteiger partial charge in [-0.3, -0.25) is 4.79 Å². The molecule has 0 radical (unpaired) electrons. The number of methoxy groups -OCH3 is 2. The van der Waals surface area contributed by atoms with Gasteiger partial charge in [-0.15, -0.1) is 0 Å². The third-order valence-electron chi connectivity index (χ3n) is 4.72. The third kappa shape index (κ3) is 5.10. The lowest BCUT2D eigenvalue weighted by atomic mass is 10.2. The van der Waals surface area contributed by atoms with Crippen molar-refractivity contribution in [1.82, 2.24) is 5.43 Å². The zero-order valence-electron chi connectivity index (χ0n) is 17.7. The van der Waals surface area contributed by atoms with Gasteiger partial charge in [-0.1, -0.05) is 6.07 Å². The Bertz CT molecular complexity index is 1110. The topological polar surface area (TPSA) is 87.6 Å². The zero-order valence-corrected chi connectivity index (χ0v) is 17.7. The van der Waals surface area contributed by atoms with Crippen LogP contribution in [-0.4, -0.2) is 33.1 Å². The van der Waals surface area contributed by atoms with Crippen LogP contribution >= 0.6 is 0 Å². The predicted octanol–water partition coefficient (Wildman–Crippen LogP) is 3.78. The van der Waals surface area contributed by atoms with Gasteiger partial charge in [0.05, 0.1) is 20.4 Å². The standard InChI is InChI=1S/C24H22N2O6/c1-28-20-10-18(11-21(12-20)29-2)24(27)26-25-13-16-3-6-19(7-4-16)30-14-17-5-8-22-23(9-17)32-15-31-22/h3-13H,14-15H2,1-2H3,(H,26,27). The first-order chi connectivity index (χ1) is 15.6. The molecule has 0 saturated carbocycles. The molecule has 4 rings (SSSR count). The molecule has 0 unspecified atom stereocenters. The average molecular weight is 434 g/mol. The second-order valence-electron chi connectivity index (χ2n) is 6.85. The van der Waals surface area contributed by atoms with Crippen LogP contribution in [0.1, 0.15) is 21.5 Å². The summed E-state index contributed by atoms with van der Waals surface area (Å²) in [6, 6.07) is 18.0. The molecule has 32 heavy (non-hydrogen) atoms. The monoisotopic (exact) mass is 434 g/mol. The molecule has 0 atom stereocenters. The molecular weight excluding hydrogens is 412 g/mol. The number of nitrogens with zero attached hydrogens (tertiary/aromatic N) is 1. The molecule has 3 aromatic carbocycles. The van der Waals surface area contributed by atoms with Gasteiger partial charge >= 0.3 is 0 Å². The first-order valence-corrected chi connectivity index (χ1v) is 9.82. The smallest absolute Gasteiger partial charge is 0.271 e. The largest absolute Gasteiger partial charge is 0.497 e. The normalized spacial score (nSPS) is 11.9. The second-order valence-corrected chi connectivity index (χ2v) is 6.85. The lowest BCUT2D eigenvalue weighted by molar-refractivity contribution is 0.0954. The number of rotatable bonds is 8. The summed E-state index contributed by atoms with van der Waals surface area (Å²) in [5.74, 6) is 2.86. The summed E-state index contributed by atoms with van der Waals surface area (Å²) in [6.45, 7) is 0.654. The number of benzene rings is 3. The number of ether oxygens (including phenoxy) is 5. The summed E-state index contributed by atoms with van der Waals surface area (Å²) in [4.78, 5) is 12.3. The predicted molar refractivity (Wildman–Crippen MR) is 118 cm³/mol. The molecular formula is C24H22N2O6. The van der Waals surface area contributed by atoms with E-state index >= 15 is 0 Å². The van der Waals surface area contributed by atoms with Gasteiger partial charge in [-0.05, 0) is 59.7 Å². The van der Waals surface area contributed by atoms with Crippen LogP contribution in [0.2, 0.25) is 0 Å². The van der Waals surface area contributed by atoms with Crippen LogP contribution in [0.25, 0.3) is 0 Å². The molecule has 0 fully saturated rings. The minimum atomic E-state index is -0.373. The molecule has 0 spiro atoms. The van der Waals surface area contributed by atoms with Crippen molar-refractivity contribution in [2.45, 2.75) is 6.61 Å². The summed E-state index contributed by atoms with van der Waals surface area (Å²) in [7, 11) is 3.05. The molecule has 1 aliphatic heterocycles.